The van der Waals surface area contributed by atoms with Gasteiger partial charge in [0.2, 0.25) is 0 Å². The number of nitrogens with zero attached hydrogens (tertiary/aromatic N) is 2. The lowest BCUT2D eigenvalue weighted by molar-refractivity contribution is -0.113. The third kappa shape index (κ3) is 6.40. The van der Waals surface area contributed by atoms with Crippen molar-refractivity contribution in [2.24, 2.45) is 4.99 Å². The molecule has 0 unspecified atom stereocenters. The van der Waals surface area contributed by atoms with E-state index in [2.05, 4.69) is 5.32 Å². The Morgan fingerprint density at radius 1 is 0.978 bits per heavy atom. The monoisotopic (exact) mass is 649 g/mol. The molecule has 1 N–H and O–H groups in total. The van der Waals surface area contributed by atoms with E-state index in [4.69, 9.17) is 26.1 Å². The Balaban J connectivity index is 1.39. The van der Waals surface area contributed by atoms with E-state index in [0.29, 0.717) is 49.4 Å². The van der Waals surface area contributed by atoms with Crippen molar-refractivity contribution in [1.29, 1.82) is 0 Å². The van der Waals surface area contributed by atoms with Gasteiger partial charge in [-0.2, -0.15) is 0 Å². The minimum absolute atomic E-state index is 0.240. The zero-order valence-electron chi connectivity index (χ0n) is 25.8. The molecule has 0 fully saturated rings. The van der Waals surface area contributed by atoms with Gasteiger partial charge in [-0.05, 0) is 79.9 Å². The molecule has 232 valence electrons. The number of anilines is 1. The van der Waals surface area contributed by atoms with Crippen LogP contribution in [-0.2, 0) is 11.4 Å². The summed E-state index contributed by atoms with van der Waals surface area (Å²) >= 11 is 7.58. The van der Waals surface area contributed by atoms with E-state index in [1.165, 1.54) is 11.3 Å². The first kappa shape index (κ1) is 31.1. The van der Waals surface area contributed by atoms with E-state index in [9.17, 15) is 9.59 Å². The van der Waals surface area contributed by atoms with Crippen molar-refractivity contribution >= 4 is 40.6 Å². The summed E-state index contributed by atoms with van der Waals surface area (Å²) in [7, 11) is 1.60. The number of ether oxygens (including phenoxy) is 2. The Morgan fingerprint density at radius 3 is 2.50 bits per heavy atom. The molecule has 0 radical (unpaired) electrons. The summed E-state index contributed by atoms with van der Waals surface area (Å²) in [5, 5.41) is 3.71. The Kier molecular flexibility index (Phi) is 8.92. The van der Waals surface area contributed by atoms with Gasteiger partial charge in [-0.15, -0.1) is 0 Å². The maximum atomic E-state index is 14.1. The van der Waals surface area contributed by atoms with Crippen LogP contribution in [0.3, 0.4) is 0 Å². The Hall–Kier alpha value is -4.92. The highest BCUT2D eigenvalue weighted by Crippen LogP contribution is 2.32. The molecule has 6 rings (SSSR count). The second kappa shape index (κ2) is 13.2. The zero-order valence-corrected chi connectivity index (χ0v) is 27.4. The van der Waals surface area contributed by atoms with E-state index in [1.807, 2.05) is 118 Å². The van der Waals surface area contributed by atoms with Gasteiger partial charge in [0.1, 0.15) is 18.1 Å². The average molecular weight is 650 g/mol. The van der Waals surface area contributed by atoms with Crippen LogP contribution in [0.2, 0.25) is 5.02 Å². The number of hydrogen-bond donors (Lipinski definition) is 1. The van der Waals surface area contributed by atoms with Crippen molar-refractivity contribution in [3.8, 4) is 11.5 Å². The summed E-state index contributed by atoms with van der Waals surface area (Å²) in [4.78, 5) is 33.4. The summed E-state index contributed by atoms with van der Waals surface area (Å²) in [5.74, 6) is 1.01. The van der Waals surface area contributed by atoms with Gasteiger partial charge in [-0.25, -0.2) is 4.99 Å². The summed E-state index contributed by atoms with van der Waals surface area (Å²) in [6, 6.07) is 27.7. The van der Waals surface area contributed by atoms with Crippen LogP contribution in [-0.4, -0.2) is 17.6 Å². The average Bonchev–Trinajstić information content (AvgIpc) is 3.35. The fourth-order valence-corrected chi connectivity index (χ4v) is 6.72. The number of hydrogen-bond acceptors (Lipinski definition) is 6. The number of amides is 1. The van der Waals surface area contributed by atoms with Crippen molar-refractivity contribution in [2.75, 3.05) is 12.4 Å². The molecule has 0 bridgehead atoms. The number of benzene rings is 4. The van der Waals surface area contributed by atoms with Crippen molar-refractivity contribution in [3.63, 3.8) is 0 Å². The van der Waals surface area contributed by atoms with E-state index >= 15 is 0 Å². The Morgan fingerprint density at radius 2 is 1.76 bits per heavy atom. The topological polar surface area (TPSA) is 81.9 Å². The molecule has 2 heterocycles. The first-order valence-electron chi connectivity index (χ1n) is 14.7. The number of thiazole rings is 1. The molecule has 0 saturated heterocycles. The number of fused-ring (bicyclic) bond motifs is 1. The molecule has 4 aromatic carbocycles. The summed E-state index contributed by atoms with van der Waals surface area (Å²) in [6.07, 6.45) is 1.83. The van der Waals surface area contributed by atoms with Gasteiger partial charge in [0, 0.05) is 16.3 Å². The highest BCUT2D eigenvalue weighted by atomic mass is 35.5. The third-order valence-corrected chi connectivity index (χ3v) is 9.19. The molecule has 1 atom stereocenters. The molecule has 0 saturated carbocycles. The van der Waals surface area contributed by atoms with Gasteiger partial charge >= 0.3 is 0 Å². The van der Waals surface area contributed by atoms with Crippen LogP contribution in [0.25, 0.3) is 6.08 Å². The highest BCUT2D eigenvalue weighted by molar-refractivity contribution is 7.07. The number of allylic oxidation sites excluding steroid dienone is 1. The zero-order chi connectivity index (χ0) is 32.4. The van der Waals surface area contributed by atoms with E-state index in [0.717, 1.165) is 27.8 Å². The van der Waals surface area contributed by atoms with Crippen molar-refractivity contribution in [3.05, 3.63) is 155 Å². The summed E-state index contributed by atoms with van der Waals surface area (Å²) in [6.45, 7) is 6.09. The summed E-state index contributed by atoms with van der Waals surface area (Å²) < 4.78 is 13.5. The third-order valence-electron chi connectivity index (χ3n) is 7.84. The largest absolute Gasteiger partial charge is 0.497 e. The van der Waals surface area contributed by atoms with E-state index in [-0.39, 0.29) is 11.5 Å². The fraction of sp³-hybridized carbons (Fsp3) is 0.162. The molecule has 0 spiro atoms. The second-order valence-electron chi connectivity index (χ2n) is 11.1. The van der Waals surface area contributed by atoms with Gasteiger partial charge in [-0.1, -0.05) is 83.1 Å². The van der Waals surface area contributed by atoms with Crippen LogP contribution >= 0.6 is 22.9 Å². The minimum atomic E-state index is -0.694. The van der Waals surface area contributed by atoms with Crippen LogP contribution in [0.5, 0.6) is 11.5 Å². The maximum Gasteiger partial charge on any atom is 0.271 e. The van der Waals surface area contributed by atoms with Gasteiger partial charge in [0.05, 0.1) is 29.0 Å². The van der Waals surface area contributed by atoms with E-state index in [1.54, 1.807) is 11.7 Å². The Labute approximate surface area is 275 Å². The number of nitrogens with one attached hydrogen (secondary N) is 1. The second-order valence-corrected chi connectivity index (χ2v) is 12.5. The quantitative estimate of drug-likeness (QED) is 0.202. The van der Waals surface area contributed by atoms with Gasteiger partial charge in [0.25, 0.3) is 11.5 Å². The van der Waals surface area contributed by atoms with Crippen LogP contribution in [0.4, 0.5) is 5.69 Å². The van der Waals surface area contributed by atoms with Crippen LogP contribution in [0.1, 0.15) is 40.8 Å². The number of methoxy groups -OCH3 is 1. The van der Waals surface area contributed by atoms with Crippen LogP contribution in [0, 0.1) is 13.8 Å². The predicted octanol–water partition coefficient (Wildman–Crippen LogP) is 6.73. The maximum absolute atomic E-state index is 14.1. The molecule has 1 aliphatic heterocycles. The molecule has 0 aliphatic carbocycles. The molecule has 7 nitrogen and oxygen atoms in total. The number of halogens is 1. The van der Waals surface area contributed by atoms with Gasteiger partial charge < -0.3 is 14.8 Å². The molecule has 46 heavy (non-hydrogen) atoms. The smallest absolute Gasteiger partial charge is 0.271 e. The normalized spacial score (nSPS) is 14.5. The number of carbonyl (C=O) groups excluding carboxylic acids is 1. The molecule has 1 amide bonds. The summed E-state index contributed by atoms with van der Waals surface area (Å²) in [5.41, 5.74) is 5.91. The van der Waals surface area contributed by atoms with Crippen molar-refractivity contribution in [2.45, 2.75) is 33.4 Å². The minimum Gasteiger partial charge on any atom is -0.497 e. The number of rotatable bonds is 8. The van der Waals surface area contributed by atoms with Crippen LogP contribution in [0.15, 0.2) is 112 Å². The predicted molar refractivity (Wildman–Crippen MR) is 184 cm³/mol. The van der Waals surface area contributed by atoms with Gasteiger partial charge in [-0.3, -0.25) is 14.2 Å². The number of carbonyl (C=O) groups is 1. The number of aromatic nitrogens is 1. The molecule has 9 heteroatoms. The molecule has 5 aromatic rings. The molecule has 1 aliphatic rings. The number of aryl methyl sites for hydroxylation is 2. The standard InChI is InChI=1S/C37H32ClN3O4S/c1-22-12-17-31(23(2)18-22)40-35(42)33-24(3)39-37-41(34(33)26-13-15-28(44-4)16-14-26)36(43)32(46-37)20-25-8-7-10-29(19-25)45-21-27-9-5-6-11-30(27)38/h5-20,34H,21H2,1-4H3,(H,40,42)/b32-20-/t34-/m0/s1. The Bertz CT molecular complexity index is 2170. The van der Waals surface area contributed by atoms with Gasteiger partial charge in [0.15, 0.2) is 4.80 Å². The molecule has 1 aromatic heterocycles. The van der Waals surface area contributed by atoms with Crippen LogP contribution < -0.4 is 29.7 Å². The SMILES string of the molecule is COc1ccc([C@H]2C(C(=O)Nc3ccc(C)cc3C)=C(C)N=c3s/c(=C\c4cccc(OCc5ccccc5Cl)c4)c(=O)n32)cc1. The lowest BCUT2D eigenvalue weighted by Crippen LogP contribution is -2.40. The van der Waals surface area contributed by atoms with Crippen molar-refractivity contribution in [1.82, 2.24) is 4.57 Å². The molecular weight excluding hydrogens is 618 g/mol. The lowest BCUT2D eigenvalue weighted by atomic mass is 9.95. The first-order chi connectivity index (χ1) is 22.2. The fourth-order valence-electron chi connectivity index (χ4n) is 5.48. The first-order valence-corrected chi connectivity index (χ1v) is 15.9. The lowest BCUT2D eigenvalue weighted by Gasteiger charge is -2.25. The van der Waals surface area contributed by atoms with E-state index < -0.39 is 6.04 Å². The van der Waals surface area contributed by atoms with Crippen molar-refractivity contribution < 1.29 is 14.3 Å². The highest BCUT2D eigenvalue weighted by Gasteiger charge is 2.32. The molecular formula is C37H32ClN3O4S.